The number of fused-ring (bicyclic) bond motifs is 1. The molecule has 1 aromatic heterocycles. The predicted octanol–water partition coefficient (Wildman–Crippen LogP) is 4.74. The molecule has 0 saturated carbocycles. The number of pyridine rings is 1. The van der Waals surface area contributed by atoms with E-state index in [0.29, 0.717) is 11.1 Å². The molecular weight excluding hydrogens is 391 g/mol. The number of amides is 1. The molecule has 0 unspecified atom stereocenters. The number of hydrogen-bond acceptors (Lipinski definition) is 3. The Labute approximate surface area is 172 Å². The summed E-state index contributed by atoms with van der Waals surface area (Å²) < 4.78 is 39.8. The van der Waals surface area contributed by atoms with Crippen molar-refractivity contribution in [2.75, 3.05) is 20.1 Å². The summed E-state index contributed by atoms with van der Waals surface area (Å²) in [6.07, 6.45) is -2.80. The Kier molecular flexibility index (Phi) is 5.47. The van der Waals surface area contributed by atoms with E-state index in [1.54, 1.807) is 30.1 Å². The third-order valence-electron chi connectivity index (χ3n) is 5.59. The highest BCUT2D eigenvalue weighted by atomic mass is 19.4. The summed E-state index contributed by atoms with van der Waals surface area (Å²) in [7, 11) is 1.75. The van der Waals surface area contributed by atoms with Gasteiger partial charge in [0.05, 0.1) is 22.3 Å². The summed E-state index contributed by atoms with van der Waals surface area (Å²) in [5, 5.41) is 4.05. The number of halogens is 3. The average Bonchev–Trinajstić information content (AvgIpc) is 2.77. The molecule has 2 aromatic carbocycles. The lowest BCUT2D eigenvalue weighted by atomic mass is 9.99. The van der Waals surface area contributed by atoms with Crippen LogP contribution in [-0.2, 0) is 6.18 Å². The maximum atomic E-state index is 13.4. The Morgan fingerprint density at radius 2 is 1.80 bits per heavy atom. The Balaban J connectivity index is 1.83. The van der Waals surface area contributed by atoms with Crippen molar-refractivity contribution in [1.29, 1.82) is 0 Å². The van der Waals surface area contributed by atoms with Crippen LogP contribution in [0, 0.1) is 0 Å². The van der Waals surface area contributed by atoms with Gasteiger partial charge in [0.2, 0.25) is 0 Å². The summed E-state index contributed by atoms with van der Waals surface area (Å²) >= 11 is 0. The van der Waals surface area contributed by atoms with Crippen LogP contribution in [0.15, 0.2) is 54.6 Å². The lowest BCUT2D eigenvalue weighted by Crippen LogP contribution is -2.44. The third-order valence-corrected chi connectivity index (χ3v) is 5.59. The van der Waals surface area contributed by atoms with Gasteiger partial charge in [0.25, 0.3) is 5.91 Å². The number of piperidine rings is 1. The van der Waals surface area contributed by atoms with Gasteiger partial charge in [-0.15, -0.1) is 0 Å². The Bertz CT molecular complexity index is 1070. The van der Waals surface area contributed by atoms with Gasteiger partial charge in [0.15, 0.2) is 0 Å². The number of rotatable bonds is 3. The zero-order valence-electron chi connectivity index (χ0n) is 16.5. The SMILES string of the molecule is CN(C(=O)c1cc2ccccc2nc1-c1cccc(C(F)(F)F)c1)C1CCNCC1. The van der Waals surface area contributed by atoms with Crippen molar-refractivity contribution < 1.29 is 18.0 Å². The van der Waals surface area contributed by atoms with E-state index in [9.17, 15) is 18.0 Å². The lowest BCUT2D eigenvalue weighted by molar-refractivity contribution is -0.137. The van der Waals surface area contributed by atoms with E-state index in [0.717, 1.165) is 43.5 Å². The molecule has 1 saturated heterocycles. The number of nitrogens with zero attached hydrogens (tertiary/aromatic N) is 2. The maximum Gasteiger partial charge on any atom is 0.416 e. The van der Waals surface area contributed by atoms with E-state index in [2.05, 4.69) is 10.3 Å². The number of aromatic nitrogens is 1. The topological polar surface area (TPSA) is 45.2 Å². The number of benzene rings is 2. The van der Waals surface area contributed by atoms with Crippen molar-refractivity contribution >= 4 is 16.8 Å². The molecule has 1 aliphatic heterocycles. The van der Waals surface area contributed by atoms with Crippen molar-refractivity contribution in [2.45, 2.75) is 25.1 Å². The highest BCUT2D eigenvalue weighted by molar-refractivity contribution is 6.03. The molecule has 0 spiro atoms. The number of para-hydroxylation sites is 1. The van der Waals surface area contributed by atoms with Gasteiger partial charge in [-0.3, -0.25) is 4.79 Å². The molecule has 0 radical (unpaired) electrons. The molecule has 1 N–H and O–H groups in total. The fraction of sp³-hybridized carbons (Fsp3) is 0.304. The van der Waals surface area contributed by atoms with Gasteiger partial charge in [-0.1, -0.05) is 30.3 Å². The van der Waals surface area contributed by atoms with E-state index < -0.39 is 11.7 Å². The first-order valence-electron chi connectivity index (χ1n) is 9.90. The number of alkyl halides is 3. The second kappa shape index (κ2) is 8.07. The predicted molar refractivity (Wildman–Crippen MR) is 110 cm³/mol. The lowest BCUT2D eigenvalue weighted by Gasteiger charge is -2.32. The summed E-state index contributed by atoms with van der Waals surface area (Å²) in [4.78, 5) is 19.7. The molecule has 1 fully saturated rings. The van der Waals surface area contributed by atoms with Gasteiger partial charge in [0, 0.05) is 24.0 Å². The first kappa shape index (κ1) is 20.3. The highest BCUT2D eigenvalue weighted by Crippen LogP contribution is 2.34. The quantitative estimate of drug-likeness (QED) is 0.674. The molecule has 2 heterocycles. The number of carbonyl (C=O) groups excluding carboxylic acids is 1. The minimum absolute atomic E-state index is 0.0829. The van der Waals surface area contributed by atoms with E-state index in [1.807, 2.05) is 18.2 Å². The van der Waals surface area contributed by atoms with Crippen molar-refractivity contribution in [1.82, 2.24) is 15.2 Å². The second-order valence-corrected chi connectivity index (χ2v) is 7.55. The molecule has 30 heavy (non-hydrogen) atoms. The van der Waals surface area contributed by atoms with Crippen LogP contribution < -0.4 is 5.32 Å². The van der Waals surface area contributed by atoms with Gasteiger partial charge in [-0.05, 0) is 50.2 Å². The molecule has 4 rings (SSSR count). The summed E-state index contributed by atoms with van der Waals surface area (Å²) in [6.45, 7) is 1.66. The van der Waals surface area contributed by atoms with Gasteiger partial charge in [-0.2, -0.15) is 13.2 Å². The minimum Gasteiger partial charge on any atom is -0.339 e. The minimum atomic E-state index is -4.47. The molecule has 0 bridgehead atoms. The van der Waals surface area contributed by atoms with Gasteiger partial charge in [0.1, 0.15) is 0 Å². The summed E-state index contributed by atoms with van der Waals surface area (Å²) in [5.74, 6) is -0.229. The largest absolute Gasteiger partial charge is 0.416 e. The standard InChI is InChI=1S/C23H22F3N3O/c1-29(18-9-11-27-12-10-18)22(30)19-14-15-5-2-3-8-20(15)28-21(19)16-6-4-7-17(13-16)23(24,25)26/h2-8,13-14,18,27H,9-12H2,1H3. The van der Waals surface area contributed by atoms with Crippen LogP contribution >= 0.6 is 0 Å². The van der Waals surface area contributed by atoms with Crippen molar-refractivity contribution in [3.05, 3.63) is 65.7 Å². The smallest absolute Gasteiger partial charge is 0.339 e. The third kappa shape index (κ3) is 4.03. The van der Waals surface area contributed by atoms with Gasteiger partial charge in [-0.25, -0.2) is 4.98 Å². The summed E-state index contributed by atoms with van der Waals surface area (Å²) in [6, 6.07) is 14.1. The van der Waals surface area contributed by atoms with Crippen LogP contribution in [0.2, 0.25) is 0 Å². The number of nitrogens with one attached hydrogen (secondary N) is 1. The fourth-order valence-corrected chi connectivity index (χ4v) is 3.89. The normalized spacial score (nSPS) is 15.3. The monoisotopic (exact) mass is 413 g/mol. The van der Waals surface area contributed by atoms with Crippen LogP contribution in [0.25, 0.3) is 22.2 Å². The second-order valence-electron chi connectivity index (χ2n) is 7.55. The van der Waals surface area contributed by atoms with Crippen LogP contribution in [0.1, 0.15) is 28.8 Å². The number of hydrogen-bond donors (Lipinski definition) is 1. The van der Waals surface area contributed by atoms with Gasteiger partial charge >= 0.3 is 6.18 Å². The zero-order chi connectivity index (χ0) is 21.3. The summed E-state index contributed by atoms with van der Waals surface area (Å²) in [5.41, 5.74) is 0.725. The van der Waals surface area contributed by atoms with E-state index in [-0.39, 0.29) is 23.2 Å². The van der Waals surface area contributed by atoms with E-state index in [4.69, 9.17) is 0 Å². The average molecular weight is 413 g/mol. The van der Waals surface area contributed by atoms with Crippen LogP contribution in [0.5, 0.6) is 0 Å². The highest BCUT2D eigenvalue weighted by Gasteiger charge is 2.31. The first-order valence-corrected chi connectivity index (χ1v) is 9.90. The molecule has 1 aliphatic rings. The molecule has 7 heteroatoms. The van der Waals surface area contributed by atoms with Crippen LogP contribution in [0.4, 0.5) is 13.2 Å². The van der Waals surface area contributed by atoms with E-state index >= 15 is 0 Å². The molecule has 0 atom stereocenters. The van der Waals surface area contributed by atoms with E-state index in [1.165, 1.54) is 6.07 Å². The van der Waals surface area contributed by atoms with Crippen molar-refractivity contribution in [3.63, 3.8) is 0 Å². The molecule has 3 aromatic rings. The Morgan fingerprint density at radius 3 is 2.53 bits per heavy atom. The maximum absolute atomic E-state index is 13.4. The fourth-order valence-electron chi connectivity index (χ4n) is 3.89. The molecule has 1 amide bonds. The molecular formula is C23H22F3N3O. The molecule has 4 nitrogen and oxygen atoms in total. The van der Waals surface area contributed by atoms with Crippen molar-refractivity contribution in [2.24, 2.45) is 0 Å². The van der Waals surface area contributed by atoms with Crippen LogP contribution in [-0.4, -0.2) is 42.0 Å². The molecule has 0 aliphatic carbocycles. The van der Waals surface area contributed by atoms with Crippen molar-refractivity contribution in [3.8, 4) is 11.3 Å². The first-order chi connectivity index (χ1) is 14.3. The Hall–Kier alpha value is -2.93. The number of carbonyl (C=O) groups is 1. The zero-order valence-corrected chi connectivity index (χ0v) is 16.5. The van der Waals surface area contributed by atoms with Gasteiger partial charge < -0.3 is 10.2 Å². The van der Waals surface area contributed by atoms with Crippen LogP contribution in [0.3, 0.4) is 0 Å². The molecule has 156 valence electrons. The Morgan fingerprint density at radius 1 is 1.07 bits per heavy atom.